The minimum absolute atomic E-state index is 0.240. The van der Waals surface area contributed by atoms with E-state index in [1.54, 1.807) is 25.4 Å². The maximum absolute atomic E-state index is 11.6. The summed E-state index contributed by atoms with van der Waals surface area (Å²) < 4.78 is 5.29. The van der Waals surface area contributed by atoms with Crippen LogP contribution in [0.15, 0.2) is 29.0 Å². The Kier molecular flexibility index (Phi) is 3.57. The molecule has 0 aromatic carbocycles. The highest BCUT2D eigenvalue weighted by atomic mass is 16.3. The third kappa shape index (κ3) is 2.48. The number of anilines is 1. The van der Waals surface area contributed by atoms with Crippen LogP contribution in [0.4, 0.5) is 5.82 Å². The number of carbonyl (C=O) groups excluding carboxylic acids is 1. The van der Waals surface area contributed by atoms with Gasteiger partial charge in [-0.2, -0.15) is 0 Å². The number of nitrogens with one attached hydrogen (secondary N) is 2. The summed E-state index contributed by atoms with van der Waals surface area (Å²) >= 11 is 0. The van der Waals surface area contributed by atoms with Gasteiger partial charge in [0.05, 0.1) is 0 Å². The first-order valence-corrected chi connectivity index (χ1v) is 5.62. The van der Waals surface area contributed by atoms with Crippen molar-refractivity contribution >= 4 is 11.7 Å². The number of pyridine rings is 1. The fourth-order valence-electron chi connectivity index (χ4n) is 1.46. The molecule has 94 valence electrons. The van der Waals surface area contributed by atoms with Crippen molar-refractivity contribution in [3.8, 4) is 11.5 Å². The molecule has 0 bridgehead atoms. The van der Waals surface area contributed by atoms with Gasteiger partial charge in [0.2, 0.25) is 5.89 Å². The predicted molar refractivity (Wildman–Crippen MR) is 67.3 cm³/mol. The predicted octanol–water partition coefficient (Wildman–Crippen LogP) is 1.53. The van der Waals surface area contributed by atoms with Gasteiger partial charge in [-0.3, -0.25) is 4.79 Å². The summed E-state index contributed by atoms with van der Waals surface area (Å²) in [5.74, 6) is 0.871. The quantitative estimate of drug-likeness (QED) is 0.855. The first kappa shape index (κ1) is 12.1. The Morgan fingerprint density at radius 1 is 1.50 bits per heavy atom. The van der Waals surface area contributed by atoms with Crippen molar-refractivity contribution in [3.63, 3.8) is 0 Å². The number of oxazole rings is 1. The van der Waals surface area contributed by atoms with Crippen molar-refractivity contribution in [2.24, 2.45) is 0 Å². The third-order valence-electron chi connectivity index (χ3n) is 2.34. The molecule has 0 aliphatic rings. The second kappa shape index (κ2) is 5.31. The molecule has 2 aromatic rings. The lowest BCUT2D eigenvalue weighted by Gasteiger charge is -1.99. The molecule has 0 aliphatic carbocycles. The molecule has 2 aromatic heterocycles. The van der Waals surface area contributed by atoms with Crippen LogP contribution in [0.25, 0.3) is 11.5 Å². The summed E-state index contributed by atoms with van der Waals surface area (Å²) in [6.45, 7) is 2.40. The normalized spacial score (nSPS) is 10.1. The second-order valence-electron chi connectivity index (χ2n) is 3.58. The molecule has 6 nitrogen and oxygen atoms in total. The molecule has 2 rings (SSSR count). The zero-order chi connectivity index (χ0) is 13.0. The standard InChI is InChI=1S/C12H14N4O2/c1-3-14-11(17)9-7-18-12(16-9)8-4-5-15-10(6-8)13-2/h4-7H,3H2,1-2H3,(H,13,15)(H,14,17). The van der Waals surface area contributed by atoms with Crippen molar-refractivity contribution in [1.82, 2.24) is 15.3 Å². The van der Waals surface area contributed by atoms with Gasteiger partial charge in [-0.05, 0) is 19.1 Å². The van der Waals surface area contributed by atoms with E-state index in [1.807, 2.05) is 6.92 Å². The van der Waals surface area contributed by atoms with E-state index >= 15 is 0 Å². The lowest BCUT2D eigenvalue weighted by molar-refractivity contribution is 0.0951. The SMILES string of the molecule is CCNC(=O)c1coc(-c2ccnc(NC)c2)n1. The Bertz CT molecular complexity index is 551. The largest absolute Gasteiger partial charge is 0.444 e. The lowest BCUT2D eigenvalue weighted by Crippen LogP contribution is -2.22. The average Bonchev–Trinajstić information content (AvgIpc) is 2.89. The number of carbonyl (C=O) groups is 1. The Morgan fingerprint density at radius 2 is 2.33 bits per heavy atom. The first-order chi connectivity index (χ1) is 8.74. The molecule has 1 amide bonds. The van der Waals surface area contributed by atoms with Gasteiger partial charge in [0.1, 0.15) is 12.1 Å². The monoisotopic (exact) mass is 246 g/mol. The molecule has 0 spiro atoms. The van der Waals surface area contributed by atoms with Crippen molar-refractivity contribution < 1.29 is 9.21 Å². The van der Waals surface area contributed by atoms with Crippen LogP contribution < -0.4 is 10.6 Å². The summed E-state index contributed by atoms with van der Waals surface area (Å²) in [4.78, 5) is 19.8. The molecule has 0 unspecified atom stereocenters. The van der Waals surface area contributed by atoms with Gasteiger partial charge in [0.15, 0.2) is 5.69 Å². The zero-order valence-corrected chi connectivity index (χ0v) is 10.2. The minimum atomic E-state index is -0.240. The van der Waals surface area contributed by atoms with E-state index in [9.17, 15) is 4.79 Å². The fourth-order valence-corrected chi connectivity index (χ4v) is 1.46. The van der Waals surface area contributed by atoms with Crippen LogP contribution in [-0.4, -0.2) is 29.5 Å². The van der Waals surface area contributed by atoms with E-state index in [0.717, 1.165) is 5.56 Å². The number of amides is 1. The van der Waals surface area contributed by atoms with E-state index in [2.05, 4.69) is 20.6 Å². The first-order valence-electron chi connectivity index (χ1n) is 5.62. The van der Waals surface area contributed by atoms with Crippen LogP contribution in [-0.2, 0) is 0 Å². The molecular weight excluding hydrogens is 232 g/mol. The molecule has 0 saturated carbocycles. The van der Waals surface area contributed by atoms with Gasteiger partial charge in [0, 0.05) is 25.4 Å². The molecule has 6 heteroatoms. The number of nitrogens with zero attached hydrogens (tertiary/aromatic N) is 2. The van der Waals surface area contributed by atoms with Crippen LogP contribution in [0.1, 0.15) is 17.4 Å². The van der Waals surface area contributed by atoms with Crippen LogP contribution >= 0.6 is 0 Å². The van der Waals surface area contributed by atoms with E-state index in [0.29, 0.717) is 18.3 Å². The van der Waals surface area contributed by atoms with E-state index in [1.165, 1.54) is 6.26 Å². The van der Waals surface area contributed by atoms with Crippen LogP contribution in [0.2, 0.25) is 0 Å². The molecule has 0 radical (unpaired) electrons. The summed E-state index contributed by atoms with van der Waals surface area (Å²) in [5.41, 5.74) is 1.04. The Labute approximate surface area is 104 Å². The van der Waals surface area contributed by atoms with E-state index in [-0.39, 0.29) is 11.6 Å². The lowest BCUT2D eigenvalue weighted by atomic mass is 10.2. The van der Waals surface area contributed by atoms with Gasteiger partial charge in [0.25, 0.3) is 5.91 Å². The highest BCUT2D eigenvalue weighted by Gasteiger charge is 2.12. The molecule has 0 fully saturated rings. The average molecular weight is 246 g/mol. The summed E-state index contributed by atoms with van der Waals surface area (Å²) in [5, 5.41) is 5.59. The Balaban J connectivity index is 2.26. The van der Waals surface area contributed by atoms with Crippen LogP contribution in [0.5, 0.6) is 0 Å². The van der Waals surface area contributed by atoms with Crippen molar-refractivity contribution in [1.29, 1.82) is 0 Å². The van der Waals surface area contributed by atoms with Gasteiger partial charge >= 0.3 is 0 Å². The number of hydrogen-bond acceptors (Lipinski definition) is 5. The summed E-state index contributed by atoms with van der Waals surface area (Å²) in [6.07, 6.45) is 3.00. The third-order valence-corrected chi connectivity index (χ3v) is 2.34. The Morgan fingerprint density at radius 3 is 3.06 bits per heavy atom. The van der Waals surface area contributed by atoms with Crippen molar-refractivity contribution in [3.05, 3.63) is 30.3 Å². The number of hydrogen-bond donors (Lipinski definition) is 2. The Hall–Kier alpha value is -2.37. The van der Waals surface area contributed by atoms with Gasteiger partial charge in [-0.15, -0.1) is 0 Å². The maximum atomic E-state index is 11.6. The van der Waals surface area contributed by atoms with Gasteiger partial charge < -0.3 is 15.1 Å². The highest BCUT2D eigenvalue weighted by molar-refractivity contribution is 5.92. The summed E-state index contributed by atoms with van der Waals surface area (Å²) in [7, 11) is 1.78. The van der Waals surface area contributed by atoms with Crippen LogP contribution in [0.3, 0.4) is 0 Å². The molecule has 2 heterocycles. The summed E-state index contributed by atoms with van der Waals surface area (Å²) in [6, 6.07) is 3.57. The minimum Gasteiger partial charge on any atom is -0.444 e. The molecule has 0 aliphatic heterocycles. The highest BCUT2D eigenvalue weighted by Crippen LogP contribution is 2.20. The van der Waals surface area contributed by atoms with Crippen LogP contribution in [0, 0.1) is 0 Å². The topological polar surface area (TPSA) is 80.0 Å². The van der Waals surface area contributed by atoms with Gasteiger partial charge in [-0.25, -0.2) is 9.97 Å². The zero-order valence-electron chi connectivity index (χ0n) is 10.2. The molecule has 2 N–H and O–H groups in total. The fraction of sp³-hybridized carbons (Fsp3) is 0.250. The van der Waals surface area contributed by atoms with Crippen molar-refractivity contribution in [2.45, 2.75) is 6.92 Å². The maximum Gasteiger partial charge on any atom is 0.273 e. The molecule has 0 saturated heterocycles. The van der Waals surface area contributed by atoms with Gasteiger partial charge in [-0.1, -0.05) is 0 Å². The molecular formula is C12H14N4O2. The second-order valence-corrected chi connectivity index (χ2v) is 3.58. The number of aromatic nitrogens is 2. The van der Waals surface area contributed by atoms with Crippen molar-refractivity contribution in [2.75, 3.05) is 18.9 Å². The van der Waals surface area contributed by atoms with E-state index < -0.39 is 0 Å². The number of rotatable bonds is 4. The molecule has 18 heavy (non-hydrogen) atoms. The smallest absolute Gasteiger partial charge is 0.273 e. The molecule has 0 atom stereocenters. The van der Waals surface area contributed by atoms with E-state index in [4.69, 9.17) is 4.42 Å².